The minimum absolute atomic E-state index is 0.0526. The lowest BCUT2D eigenvalue weighted by Crippen LogP contribution is -2.15. The number of nitrogens with zero attached hydrogens (tertiary/aromatic N) is 4. The van der Waals surface area contributed by atoms with Gasteiger partial charge in [-0.15, -0.1) is 0 Å². The molecule has 2 aromatic heterocycles. The van der Waals surface area contributed by atoms with E-state index in [-0.39, 0.29) is 5.91 Å². The average Bonchev–Trinajstić information content (AvgIpc) is 2.97. The van der Waals surface area contributed by atoms with E-state index in [0.717, 1.165) is 34.2 Å². The van der Waals surface area contributed by atoms with Crippen molar-refractivity contribution in [2.24, 2.45) is 0 Å². The molecule has 0 aliphatic rings. The van der Waals surface area contributed by atoms with E-state index in [9.17, 15) is 4.79 Å². The van der Waals surface area contributed by atoms with Crippen molar-refractivity contribution in [2.75, 3.05) is 5.32 Å². The Bertz CT molecular complexity index is 832. The maximum Gasteiger partial charge on any atom is 0.226 e. The highest BCUT2D eigenvalue weighted by Crippen LogP contribution is 2.17. The Hall–Kier alpha value is -2.70. The highest BCUT2D eigenvalue weighted by molar-refractivity contribution is 5.92. The number of anilines is 1. The van der Waals surface area contributed by atoms with Crippen molar-refractivity contribution in [3.8, 4) is 0 Å². The largest absolute Gasteiger partial charge is 0.342 e. The first-order valence-corrected chi connectivity index (χ1v) is 7.15. The van der Waals surface area contributed by atoms with E-state index in [2.05, 4.69) is 25.4 Å². The lowest BCUT2D eigenvalue weighted by Gasteiger charge is -2.06. The lowest BCUT2D eigenvalue weighted by molar-refractivity contribution is -0.116. The fraction of sp³-hybridized carbons (Fsp3) is 0.333. The maximum absolute atomic E-state index is 12.0. The van der Waals surface area contributed by atoms with Gasteiger partial charge in [-0.3, -0.25) is 4.79 Å². The summed E-state index contributed by atoms with van der Waals surface area (Å²) in [6.07, 6.45) is 0.351. The van der Waals surface area contributed by atoms with Gasteiger partial charge in [0.1, 0.15) is 17.5 Å². The zero-order chi connectivity index (χ0) is 15.7. The van der Waals surface area contributed by atoms with Gasteiger partial charge in [-0.1, -0.05) is 0 Å². The number of hydrogen-bond acceptors (Lipinski definition) is 4. The number of imidazole rings is 1. The molecule has 7 nitrogen and oxygen atoms in total. The second-order valence-electron chi connectivity index (χ2n) is 5.28. The number of hydrogen-bond donors (Lipinski definition) is 2. The number of carbonyl (C=O) groups excluding carboxylic acids is 1. The predicted octanol–water partition coefficient (Wildman–Crippen LogP) is 2.11. The third-order valence-corrected chi connectivity index (χ3v) is 3.40. The number of rotatable bonds is 4. The molecular formula is C15H18N6O. The van der Waals surface area contributed by atoms with Crippen molar-refractivity contribution < 1.29 is 4.79 Å². The molecular weight excluding hydrogens is 280 g/mol. The van der Waals surface area contributed by atoms with Gasteiger partial charge in [0.2, 0.25) is 5.91 Å². The SMILES string of the molecule is Cc1nc(C)n(CCC(=O)Nc2ccc3nc(C)[nH]c3c2)n1. The van der Waals surface area contributed by atoms with Crippen LogP contribution in [0.5, 0.6) is 0 Å². The minimum atomic E-state index is -0.0526. The first kappa shape index (κ1) is 14.2. The number of amides is 1. The van der Waals surface area contributed by atoms with Crippen LogP contribution in [0.3, 0.4) is 0 Å². The Labute approximate surface area is 127 Å². The summed E-state index contributed by atoms with van der Waals surface area (Å²) in [6.45, 7) is 6.14. The van der Waals surface area contributed by atoms with Crippen molar-refractivity contribution >= 4 is 22.6 Å². The number of nitrogens with one attached hydrogen (secondary N) is 2. The summed E-state index contributed by atoms with van der Waals surface area (Å²) in [5, 5.41) is 7.14. The first-order valence-electron chi connectivity index (χ1n) is 7.15. The van der Waals surface area contributed by atoms with Gasteiger partial charge in [0.05, 0.1) is 17.6 Å². The number of aromatic amines is 1. The summed E-state index contributed by atoms with van der Waals surface area (Å²) < 4.78 is 1.75. The number of carbonyl (C=O) groups is 1. The van der Waals surface area contributed by atoms with Crippen molar-refractivity contribution in [1.29, 1.82) is 0 Å². The molecule has 0 aliphatic carbocycles. The van der Waals surface area contributed by atoms with Crippen molar-refractivity contribution in [3.05, 3.63) is 35.7 Å². The molecule has 0 saturated carbocycles. The number of aromatic nitrogens is 5. The van der Waals surface area contributed by atoms with Gasteiger partial charge in [-0.25, -0.2) is 14.6 Å². The highest BCUT2D eigenvalue weighted by atomic mass is 16.1. The van der Waals surface area contributed by atoms with Crippen LogP contribution in [0.2, 0.25) is 0 Å². The molecule has 22 heavy (non-hydrogen) atoms. The predicted molar refractivity (Wildman–Crippen MR) is 83.6 cm³/mol. The Morgan fingerprint density at radius 3 is 2.82 bits per heavy atom. The molecule has 0 spiro atoms. The molecule has 0 bridgehead atoms. The Morgan fingerprint density at radius 1 is 1.27 bits per heavy atom. The van der Waals surface area contributed by atoms with Gasteiger partial charge in [0.25, 0.3) is 0 Å². The number of H-pyrrole nitrogens is 1. The summed E-state index contributed by atoms with van der Waals surface area (Å²) in [4.78, 5) is 23.8. The third-order valence-electron chi connectivity index (χ3n) is 3.40. The smallest absolute Gasteiger partial charge is 0.226 e. The van der Waals surface area contributed by atoms with E-state index < -0.39 is 0 Å². The molecule has 1 aromatic carbocycles. The van der Waals surface area contributed by atoms with Crippen LogP contribution < -0.4 is 5.32 Å². The van der Waals surface area contributed by atoms with Crippen molar-refractivity contribution in [2.45, 2.75) is 33.7 Å². The quantitative estimate of drug-likeness (QED) is 0.772. The molecule has 2 heterocycles. The molecule has 0 unspecified atom stereocenters. The van der Waals surface area contributed by atoms with E-state index in [1.807, 2.05) is 39.0 Å². The topological polar surface area (TPSA) is 88.5 Å². The zero-order valence-electron chi connectivity index (χ0n) is 12.8. The Kier molecular flexibility index (Phi) is 3.62. The summed E-state index contributed by atoms with van der Waals surface area (Å²) in [7, 11) is 0. The van der Waals surface area contributed by atoms with E-state index in [0.29, 0.717) is 13.0 Å². The monoisotopic (exact) mass is 298 g/mol. The Balaban J connectivity index is 1.64. The van der Waals surface area contributed by atoms with Gasteiger partial charge < -0.3 is 10.3 Å². The number of benzene rings is 1. The van der Waals surface area contributed by atoms with Crippen LogP contribution in [0.25, 0.3) is 11.0 Å². The molecule has 1 amide bonds. The first-order chi connectivity index (χ1) is 10.5. The van der Waals surface area contributed by atoms with E-state index >= 15 is 0 Å². The van der Waals surface area contributed by atoms with E-state index in [4.69, 9.17) is 0 Å². The van der Waals surface area contributed by atoms with Gasteiger partial charge in [0.15, 0.2) is 0 Å². The average molecular weight is 298 g/mol. The third kappa shape index (κ3) is 2.98. The molecule has 0 radical (unpaired) electrons. The van der Waals surface area contributed by atoms with Gasteiger partial charge in [-0.2, -0.15) is 5.10 Å². The molecule has 2 N–H and O–H groups in total. The molecule has 3 aromatic rings. The summed E-state index contributed by atoms with van der Waals surface area (Å²) in [5.74, 6) is 2.34. The van der Waals surface area contributed by atoms with Crippen LogP contribution in [-0.4, -0.2) is 30.6 Å². The summed E-state index contributed by atoms with van der Waals surface area (Å²) >= 11 is 0. The number of fused-ring (bicyclic) bond motifs is 1. The molecule has 114 valence electrons. The maximum atomic E-state index is 12.0. The molecule has 3 rings (SSSR count). The molecule has 0 fully saturated rings. The van der Waals surface area contributed by atoms with Crippen LogP contribution in [0.15, 0.2) is 18.2 Å². The fourth-order valence-electron chi connectivity index (χ4n) is 2.42. The lowest BCUT2D eigenvalue weighted by atomic mass is 10.2. The van der Waals surface area contributed by atoms with E-state index in [1.165, 1.54) is 0 Å². The zero-order valence-corrected chi connectivity index (χ0v) is 12.8. The molecule has 7 heteroatoms. The standard InChI is InChI=1S/C15H18N6O/c1-9-17-13-5-4-12(8-14(13)18-9)19-15(22)6-7-21-11(3)16-10(2)20-21/h4-5,8H,6-7H2,1-3H3,(H,17,18)(H,19,22). The molecule has 0 aliphatic heterocycles. The highest BCUT2D eigenvalue weighted by Gasteiger charge is 2.08. The van der Waals surface area contributed by atoms with Crippen LogP contribution in [-0.2, 0) is 11.3 Å². The van der Waals surface area contributed by atoms with Gasteiger partial charge >= 0.3 is 0 Å². The molecule has 0 saturated heterocycles. The van der Waals surface area contributed by atoms with Crippen molar-refractivity contribution in [1.82, 2.24) is 24.7 Å². The summed E-state index contributed by atoms with van der Waals surface area (Å²) in [6, 6.07) is 5.63. The normalized spacial score (nSPS) is 11.0. The Morgan fingerprint density at radius 2 is 2.09 bits per heavy atom. The van der Waals surface area contributed by atoms with Crippen LogP contribution in [0.1, 0.15) is 23.9 Å². The molecule has 0 atom stereocenters. The minimum Gasteiger partial charge on any atom is -0.342 e. The number of aryl methyl sites for hydroxylation is 4. The van der Waals surface area contributed by atoms with Gasteiger partial charge in [0, 0.05) is 12.1 Å². The second kappa shape index (κ2) is 5.59. The summed E-state index contributed by atoms with van der Waals surface area (Å²) in [5.41, 5.74) is 2.56. The van der Waals surface area contributed by atoms with Crippen LogP contribution >= 0.6 is 0 Å². The van der Waals surface area contributed by atoms with Crippen molar-refractivity contribution in [3.63, 3.8) is 0 Å². The van der Waals surface area contributed by atoms with Crippen LogP contribution in [0.4, 0.5) is 5.69 Å². The van der Waals surface area contributed by atoms with Gasteiger partial charge in [-0.05, 0) is 39.0 Å². The second-order valence-corrected chi connectivity index (χ2v) is 5.28. The fourth-order valence-corrected chi connectivity index (χ4v) is 2.42. The van der Waals surface area contributed by atoms with E-state index in [1.54, 1.807) is 4.68 Å². The van der Waals surface area contributed by atoms with Crippen LogP contribution in [0, 0.1) is 20.8 Å².